The first-order chi connectivity index (χ1) is 12.9. The molecule has 2 N–H and O–H groups in total. The minimum absolute atomic E-state index is 0.0634. The highest BCUT2D eigenvalue weighted by molar-refractivity contribution is 5.99. The van der Waals surface area contributed by atoms with Crippen LogP contribution < -0.4 is 10.9 Å². The highest BCUT2D eigenvalue weighted by Crippen LogP contribution is 2.16. The number of alkyl halides is 2. The first-order valence-corrected chi connectivity index (χ1v) is 8.72. The summed E-state index contributed by atoms with van der Waals surface area (Å²) in [6, 6.07) is 2.52. The van der Waals surface area contributed by atoms with Gasteiger partial charge in [0.05, 0.1) is 10.9 Å². The maximum absolute atomic E-state index is 12.7. The summed E-state index contributed by atoms with van der Waals surface area (Å²) in [6.07, 6.45) is -0.347. The van der Waals surface area contributed by atoms with E-state index in [9.17, 15) is 23.2 Å². The molecule has 144 valence electrons. The van der Waals surface area contributed by atoms with E-state index in [1.165, 1.54) is 18.2 Å². The normalized spacial score (nSPS) is 15.2. The van der Waals surface area contributed by atoms with Crippen LogP contribution in [-0.2, 0) is 17.8 Å². The molecular formula is C18H19F2N3O4. The van der Waals surface area contributed by atoms with Crippen LogP contribution in [0.2, 0.25) is 0 Å². The topological polar surface area (TPSA) is 101 Å². The van der Waals surface area contributed by atoms with Crippen LogP contribution in [0, 0.1) is 0 Å². The van der Waals surface area contributed by atoms with Gasteiger partial charge in [-0.1, -0.05) is 6.42 Å². The summed E-state index contributed by atoms with van der Waals surface area (Å²) in [5.41, 5.74) is 0.222. The van der Waals surface area contributed by atoms with E-state index in [2.05, 4.69) is 10.3 Å². The van der Waals surface area contributed by atoms with E-state index in [-0.39, 0.29) is 11.1 Å². The van der Waals surface area contributed by atoms with Gasteiger partial charge < -0.3 is 10.4 Å². The lowest BCUT2D eigenvalue weighted by Gasteiger charge is -2.14. The van der Waals surface area contributed by atoms with Crippen LogP contribution in [-0.4, -0.2) is 39.0 Å². The van der Waals surface area contributed by atoms with Gasteiger partial charge in [-0.25, -0.2) is 18.6 Å². The molecule has 27 heavy (non-hydrogen) atoms. The molecule has 0 aliphatic carbocycles. The highest BCUT2D eigenvalue weighted by Gasteiger charge is 2.25. The van der Waals surface area contributed by atoms with Crippen molar-refractivity contribution >= 4 is 22.8 Å². The van der Waals surface area contributed by atoms with Crippen molar-refractivity contribution in [2.75, 3.05) is 0 Å². The Morgan fingerprint density at radius 3 is 2.74 bits per heavy atom. The van der Waals surface area contributed by atoms with Gasteiger partial charge in [0, 0.05) is 24.9 Å². The summed E-state index contributed by atoms with van der Waals surface area (Å²) < 4.78 is 26.6. The largest absolute Gasteiger partial charge is 0.480 e. The molecule has 1 unspecified atom stereocenters. The second kappa shape index (κ2) is 7.81. The van der Waals surface area contributed by atoms with Gasteiger partial charge in [-0.15, -0.1) is 0 Å². The Hall–Kier alpha value is -2.84. The third-order valence-electron chi connectivity index (χ3n) is 4.60. The number of carbonyl (C=O) groups is 2. The standard InChI is InChI=1S/C18H19F2N3O4/c19-14(20)9-13(18(26)27)22-16(24)10-5-6-11-12(8-10)21-15-4-2-1-3-7-23(15)17(11)25/h5-6,8,13-14H,1-4,7,9H2,(H,22,24)(H,26,27). The predicted molar refractivity (Wildman–Crippen MR) is 93.1 cm³/mol. The van der Waals surface area contributed by atoms with E-state index in [4.69, 9.17) is 5.11 Å². The molecule has 0 saturated carbocycles. The molecule has 3 rings (SSSR count). The molecule has 2 heterocycles. The number of hydrogen-bond acceptors (Lipinski definition) is 4. The first-order valence-electron chi connectivity index (χ1n) is 8.72. The van der Waals surface area contributed by atoms with Crippen molar-refractivity contribution in [2.45, 2.75) is 51.1 Å². The van der Waals surface area contributed by atoms with Gasteiger partial charge in [-0.2, -0.15) is 0 Å². The minimum Gasteiger partial charge on any atom is -0.480 e. The van der Waals surface area contributed by atoms with Gasteiger partial charge in [0.2, 0.25) is 6.43 Å². The molecular weight excluding hydrogens is 360 g/mol. The van der Waals surface area contributed by atoms with Crippen molar-refractivity contribution in [2.24, 2.45) is 0 Å². The fraction of sp³-hybridized carbons (Fsp3) is 0.444. The van der Waals surface area contributed by atoms with Crippen LogP contribution in [0.15, 0.2) is 23.0 Å². The number of fused-ring (bicyclic) bond motifs is 2. The van der Waals surface area contributed by atoms with Crippen LogP contribution in [0.5, 0.6) is 0 Å². The van der Waals surface area contributed by atoms with Crippen LogP contribution in [0.3, 0.4) is 0 Å². The number of amides is 1. The number of rotatable bonds is 5. The average molecular weight is 379 g/mol. The second-order valence-electron chi connectivity index (χ2n) is 6.52. The zero-order chi connectivity index (χ0) is 19.6. The SMILES string of the molecule is O=C(NC(CC(F)F)C(=O)O)c1ccc2c(=O)n3c(nc2c1)CCCCC3. The lowest BCUT2D eigenvalue weighted by molar-refractivity contribution is -0.140. The Kier molecular flexibility index (Phi) is 5.48. The fourth-order valence-electron chi connectivity index (χ4n) is 3.20. The fourth-order valence-corrected chi connectivity index (χ4v) is 3.20. The number of benzene rings is 1. The predicted octanol–water partition coefficient (Wildman–Crippen LogP) is 1.96. The zero-order valence-electron chi connectivity index (χ0n) is 14.5. The average Bonchev–Trinajstić information content (AvgIpc) is 2.86. The quantitative estimate of drug-likeness (QED) is 0.827. The van der Waals surface area contributed by atoms with E-state index in [1.807, 2.05) is 0 Å². The number of carbonyl (C=O) groups excluding carboxylic acids is 1. The maximum Gasteiger partial charge on any atom is 0.326 e. The third-order valence-corrected chi connectivity index (χ3v) is 4.60. The Morgan fingerprint density at radius 2 is 2.04 bits per heavy atom. The number of aliphatic carboxylic acids is 1. The van der Waals surface area contributed by atoms with E-state index in [1.54, 1.807) is 4.57 Å². The number of nitrogens with one attached hydrogen (secondary N) is 1. The van der Waals surface area contributed by atoms with Gasteiger partial charge in [0.25, 0.3) is 11.5 Å². The molecule has 0 spiro atoms. The van der Waals surface area contributed by atoms with Gasteiger partial charge in [-0.3, -0.25) is 14.2 Å². The van der Waals surface area contributed by atoms with Crippen LogP contribution >= 0.6 is 0 Å². The maximum atomic E-state index is 12.7. The molecule has 0 fully saturated rings. The number of halogens is 2. The molecule has 1 aliphatic heterocycles. The number of carboxylic acid groups (broad SMARTS) is 1. The summed E-state index contributed by atoms with van der Waals surface area (Å²) in [7, 11) is 0. The molecule has 1 aromatic heterocycles. The minimum atomic E-state index is -2.86. The summed E-state index contributed by atoms with van der Waals surface area (Å²) in [6.45, 7) is 0.604. The molecule has 7 nitrogen and oxygen atoms in total. The van der Waals surface area contributed by atoms with Crippen molar-refractivity contribution in [1.82, 2.24) is 14.9 Å². The number of aromatic nitrogens is 2. The van der Waals surface area contributed by atoms with E-state index >= 15 is 0 Å². The molecule has 1 aromatic carbocycles. The number of nitrogens with zero attached hydrogens (tertiary/aromatic N) is 2. The molecule has 2 aromatic rings. The van der Waals surface area contributed by atoms with Crippen molar-refractivity contribution in [3.8, 4) is 0 Å². The van der Waals surface area contributed by atoms with Gasteiger partial charge in [0.15, 0.2) is 0 Å². The Balaban J connectivity index is 1.93. The Labute approximate surface area is 153 Å². The van der Waals surface area contributed by atoms with Gasteiger partial charge in [0.1, 0.15) is 11.9 Å². The summed E-state index contributed by atoms with van der Waals surface area (Å²) in [5, 5.41) is 11.4. The number of aryl methyl sites for hydroxylation is 1. The third kappa shape index (κ3) is 4.12. The zero-order valence-corrected chi connectivity index (χ0v) is 14.5. The van der Waals surface area contributed by atoms with Crippen LogP contribution in [0.1, 0.15) is 41.9 Å². The van der Waals surface area contributed by atoms with Crippen LogP contribution in [0.4, 0.5) is 8.78 Å². The number of carboxylic acids is 1. The Bertz CT molecular complexity index is 942. The lowest BCUT2D eigenvalue weighted by Crippen LogP contribution is -2.42. The molecule has 9 heteroatoms. The van der Waals surface area contributed by atoms with E-state index < -0.39 is 30.8 Å². The molecule has 0 bridgehead atoms. The number of hydrogen-bond donors (Lipinski definition) is 2. The first kappa shape index (κ1) is 18.9. The van der Waals surface area contributed by atoms with Gasteiger partial charge in [-0.05, 0) is 31.0 Å². The summed E-state index contributed by atoms with van der Waals surface area (Å²) >= 11 is 0. The summed E-state index contributed by atoms with van der Waals surface area (Å²) in [4.78, 5) is 40.5. The highest BCUT2D eigenvalue weighted by atomic mass is 19.3. The molecule has 0 radical (unpaired) electrons. The molecule has 0 saturated heterocycles. The van der Waals surface area contributed by atoms with Gasteiger partial charge >= 0.3 is 5.97 Å². The lowest BCUT2D eigenvalue weighted by atomic mass is 10.1. The molecule has 1 amide bonds. The van der Waals surface area contributed by atoms with Crippen LogP contribution in [0.25, 0.3) is 10.9 Å². The summed E-state index contributed by atoms with van der Waals surface area (Å²) in [5.74, 6) is -1.68. The smallest absolute Gasteiger partial charge is 0.326 e. The van der Waals surface area contributed by atoms with E-state index in [0.29, 0.717) is 29.7 Å². The van der Waals surface area contributed by atoms with Crippen molar-refractivity contribution in [3.05, 3.63) is 39.9 Å². The van der Waals surface area contributed by atoms with Crippen molar-refractivity contribution in [1.29, 1.82) is 0 Å². The second-order valence-corrected chi connectivity index (χ2v) is 6.52. The van der Waals surface area contributed by atoms with Crippen molar-refractivity contribution < 1.29 is 23.5 Å². The van der Waals surface area contributed by atoms with E-state index in [0.717, 1.165) is 19.3 Å². The Morgan fingerprint density at radius 1 is 1.26 bits per heavy atom. The van der Waals surface area contributed by atoms with Crippen molar-refractivity contribution in [3.63, 3.8) is 0 Å². The molecule has 1 aliphatic rings. The monoisotopic (exact) mass is 379 g/mol. The molecule has 1 atom stereocenters.